The van der Waals surface area contributed by atoms with Crippen LogP contribution >= 0.6 is 0 Å². The zero-order valence-corrected chi connectivity index (χ0v) is 20.3. The van der Waals surface area contributed by atoms with E-state index in [-0.39, 0.29) is 0 Å². The summed E-state index contributed by atoms with van der Waals surface area (Å²) in [5.41, 5.74) is 6.01. The van der Waals surface area contributed by atoms with Gasteiger partial charge in [-0.1, -0.05) is 29.8 Å². The van der Waals surface area contributed by atoms with Gasteiger partial charge in [-0.25, -0.2) is 8.42 Å². The first-order chi connectivity index (χ1) is 15.8. The summed E-state index contributed by atoms with van der Waals surface area (Å²) in [6.07, 6.45) is 5.39. The molecular weight excluding hydrogens is 434 g/mol. The number of piperidine rings is 1. The van der Waals surface area contributed by atoms with E-state index in [1.54, 1.807) is 6.07 Å². The van der Waals surface area contributed by atoms with Crippen molar-refractivity contribution in [2.75, 3.05) is 37.2 Å². The molecule has 0 amide bonds. The summed E-state index contributed by atoms with van der Waals surface area (Å²) in [4.78, 5) is 7.01. The minimum absolute atomic E-state index is 0.639. The lowest BCUT2D eigenvalue weighted by atomic mass is 9.98. The summed E-state index contributed by atoms with van der Waals surface area (Å²) >= 11 is 0. The van der Waals surface area contributed by atoms with Gasteiger partial charge < -0.3 is 4.74 Å². The molecule has 1 aliphatic heterocycles. The summed E-state index contributed by atoms with van der Waals surface area (Å²) in [5, 5.41) is 1.05. The fourth-order valence-corrected chi connectivity index (χ4v) is 4.81. The largest absolute Gasteiger partial charge is 0.492 e. The van der Waals surface area contributed by atoms with Gasteiger partial charge in [-0.05, 0) is 68.1 Å². The van der Waals surface area contributed by atoms with Gasteiger partial charge in [0.15, 0.2) is 0 Å². The Labute approximate surface area is 196 Å². The first kappa shape index (κ1) is 23.3. The average Bonchev–Trinajstić information content (AvgIpc) is 2.77. The fraction of sp³-hybridized carbons (Fsp3) is 0.346. The lowest BCUT2D eigenvalue weighted by Crippen LogP contribution is -2.34. The molecule has 174 valence electrons. The van der Waals surface area contributed by atoms with E-state index in [1.165, 1.54) is 11.8 Å². The van der Waals surface area contributed by atoms with Gasteiger partial charge in [0.1, 0.15) is 12.4 Å². The van der Waals surface area contributed by atoms with Gasteiger partial charge in [-0.2, -0.15) is 0 Å². The average molecular weight is 466 g/mol. The number of hydrogen-bond acceptors (Lipinski definition) is 5. The number of benzene rings is 2. The molecule has 0 spiro atoms. The van der Waals surface area contributed by atoms with Crippen LogP contribution in [0.15, 0.2) is 54.1 Å². The van der Waals surface area contributed by atoms with Gasteiger partial charge in [-0.15, -0.1) is 0 Å². The Morgan fingerprint density at radius 1 is 1.06 bits per heavy atom. The van der Waals surface area contributed by atoms with Gasteiger partial charge in [0, 0.05) is 30.7 Å². The second-order valence-corrected chi connectivity index (χ2v) is 10.4. The lowest BCUT2D eigenvalue weighted by Gasteiger charge is -2.28. The van der Waals surface area contributed by atoms with Crippen LogP contribution in [0.4, 0.5) is 5.69 Å². The molecular formula is C26H31N3O3S. The predicted octanol–water partition coefficient (Wildman–Crippen LogP) is 4.78. The highest BCUT2D eigenvalue weighted by Gasteiger charge is 2.15. The monoisotopic (exact) mass is 465 g/mol. The molecule has 1 fully saturated rings. The number of nitrogens with one attached hydrogen (secondary N) is 1. The molecule has 33 heavy (non-hydrogen) atoms. The zero-order chi connectivity index (χ0) is 23.4. The molecule has 0 bridgehead atoms. The predicted molar refractivity (Wildman–Crippen MR) is 135 cm³/mol. The third-order valence-electron chi connectivity index (χ3n) is 6.03. The molecule has 0 radical (unpaired) electrons. The minimum atomic E-state index is -3.29. The van der Waals surface area contributed by atoms with Crippen molar-refractivity contribution in [3.8, 4) is 5.75 Å². The van der Waals surface area contributed by atoms with Crippen molar-refractivity contribution in [2.45, 2.75) is 26.7 Å². The van der Waals surface area contributed by atoms with Crippen molar-refractivity contribution >= 4 is 32.7 Å². The SMILES string of the molecule is Cc1ccc2c(OCCN3CCC(=Cc4cccc(NS(C)(=O)=O)c4C)CC3)cccc2n1. The van der Waals surface area contributed by atoms with Crippen molar-refractivity contribution in [1.29, 1.82) is 0 Å². The maximum atomic E-state index is 11.6. The van der Waals surface area contributed by atoms with E-state index in [2.05, 4.69) is 26.7 Å². The molecule has 0 saturated carbocycles. The third kappa shape index (κ3) is 6.12. The summed E-state index contributed by atoms with van der Waals surface area (Å²) in [7, 11) is -3.29. The first-order valence-corrected chi connectivity index (χ1v) is 13.2. The summed E-state index contributed by atoms with van der Waals surface area (Å²) in [6.45, 7) is 7.46. The standard InChI is InChI=1S/C26H31N3O3S/c1-19-10-11-23-25(27-19)8-5-9-26(23)32-17-16-29-14-12-21(13-15-29)18-22-6-4-7-24(20(22)2)28-33(3,30)31/h4-11,18,28H,12-17H2,1-3H3. The number of pyridine rings is 1. The Kier molecular flexibility index (Phi) is 7.00. The van der Waals surface area contributed by atoms with E-state index >= 15 is 0 Å². The highest BCUT2D eigenvalue weighted by atomic mass is 32.2. The number of sulfonamides is 1. The van der Waals surface area contributed by atoms with Crippen LogP contribution in [0.1, 0.15) is 29.7 Å². The van der Waals surface area contributed by atoms with Crippen molar-refractivity contribution in [3.05, 3.63) is 70.9 Å². The van der Waals surface area contributed by atoms with Crippen LogP contribution in [0.3, 0.4) is 0 Å². The van der Waals surface area contributed by atoms with Crippen LogP contribution in [-0.2, 0) is 10.0 Å². The van der Waals surface area contributed by atoms with E-state index < -0.39 is 10.0 Å². The van der Waals surface area contributed by atoms with E-state index in [9.17, 15) is 8.42 Å². The van der Waals surface area contributed by atoms with Crippen molar-refractivity contribution in [2.24, 2.45) is 0 Å². The Bertz CT molecular complexity index is 1280. The van der Waals surface area contributed by atoms with Crippen LogP contribution < -0.4 is 9.46 Å². The van der Waals surface area contributed by atoms with Crippen LogP contribution in [0, 0.1) is 13.8 Å². The maximum Gasteiger partial charge on any atom is 0.229 e. The second-order valence-electron chi connectivity index (χ2n) is 8.66. The molecule has 1 saturated heterocycles. The van der Waals surface area contributed by atoms with Gasteiger partial charge in [-0.3, -0.25) is 14.6 Å². The molecule has 4 rings (SSSR count). The third-order valence-corrected chi connectivity index (χ3v) is 6.62. The Hall–Kier alpha value is -2.90. The van der Waals surface area contributed by atoms with Crippen molar-refractivity contribution in [3.63, 3.8) is 0 Å². The number of rotatable bonds is 7. The lowest BCUT2D eigenvalue weighted by molar-refractivity contribution is 0.200. The number of aromatic nitrogens is 1. The molecule has 7 heteroatoms. The molecule has 1 aliphatic rings. The summed E-state index contributed by atoms with van der Waals surface area (Å²) < 4.78 is 31.9. The fourth-order valence-electron chi connectivity index (χ4n) is 4.19. The van der Waals surface area contributed by atoms with Gasteiger partial charge in [0.2, 0.25) is 10.0 Å². The molecule has 2 heterocycles. The minimum Gasteiger partial charge on any atom is -0.492 e. The van der Waals surface area contributed by atoms with Crippen LogP contribution in [0.2, 0.25) is 0 Å². The van der Waals surface area contributed by atoms with Crippen LogP contribution in [0.25, 0.3) is 17.0 Å². The highest BCUT2D eigenvalue weighted by molar-refractivity contribution is 7.92. The molecule has 3 aromatic rings. The topological polar surface area (TPSA) is 71.5 Å². The number of nitrogens with zero attached hydrogens (tertiary/aromatic N) is 2. The van der Waals surface area contributed by atoms with Crippen LogP contribution in [0.5, 0.6) is 5.75 Å². The van der Waals surface area contributed by atoms with Crippen molar-refractivity contribution in [1.82, 2.24) is 9.88 Å². The van der Waals surface area contributed by atoms with E-state index in [1.807, 2.05) is 50.2 Å². The highest BCUT2D eigenvalue weighted by Crippen LogP contribution is 2.26. The molecule has 0 atom stereocenters. The summed E-state index contributed by atoms with van der Waals surface area (Å²) in [5.74, 6) is 0.885. The molecule has 6 nitrogen and oxygen atoms in total. The quantitative estimate of drug-likeness (QED) is 0.544. The number of fused-ring (bicyclic) bond motifs is 1. The Morgan fingerprint density at radius 3 is 2.58 bits per heavy atom. The number of ether oxygens (including phenoxy) is 1. The number of aryl methyl sites for hydroxylation is 1. The van der Waals surface area contributed by atoms with Gasteiger partial charge in [0.25, 0.3) is 0 Å². The van der Waals surface area contributed by atoms with E-state index in [0.29, 0.717) is 12.3 Å². The Morgan fingerprint density at radius 2 is 1.82 bits per heavy atom. The maximum absolute atomic E-state index is 11.6. The molecule has 1 aromatic heterocycles. The first-order valence-electron chi connectivity index (χ1n) is 11.3. The zero-order valence-electron chi connectivity index (χ0n) is 19.5. The van der Waals surface area contributed by atoms with E-state index in [4.69, 9.17) is 4.74 Å². The van der Waals surface area contributed by atoms with E-state index in [0.717, 1.165) is 65.9 Å². The van der Waals surface area contributed by atoms with Gasteiger partial charge in [0.05, 0.1) is 17.5 Å². The number of hydrogen-bond donors (Lipinski definition) is 1. The normalized spacial score (nSPS) is 14.9. The molecule has 1 N–H and O–H groups in total. The summed E-state index contributed by atoms with van der Waals surface area (Å²) in [6, 6.07) is 15.8. The number of likely N-dealkylation sites (tertiary alicyclic amines) is 1. The Balaban J connectivity index is 1.32. The molecule has 2 aromatic carbocycles. The smallest absolute Gasteiger partial charge is 0.229 e. The van der Waals surface area contributed by atoms with Crippen LogP contribution in [-0.4, -0.2) is 50.8 Å². The second kappa shape index (κ2) is 9.93. The number of anilines is 1. The molecule has 0 aliphatic carbocycles. The molecule has 0 unspecified atom stereocenters. The van der Waals surface area contributed by atoms with Crippen molar-refractivity contribution < 1.29 is 13.2 Å². The van der Waals surface area contributed by atoms with Gasteiger partial charge >= 0.3 is 0 Å².